The molecule has 0 bridgehead atoms. The Morgan fingerprint density at radius 2 is 1.73 bits per heavy atom. The minimum Gasteiger partial charge on any atom is -0.483 e. The van der Waals surface area contributed by atoms with Crippen LogP contribution in [-0.4, -0.2) is 18.4 Å². The van der Waals surface area contributed by atoms with Crippen LogP contribution in [0.5, 0.6) is 5.75 Å². The number of nitrogens with zero attached hydrogens (tertiary/aromatic N) is 1. The first-order valence-electron chi connectivity index (χ1n) is 10.1. The van der Waals surface area contributed by atoms with Gasteiger partial charge in [0.15, 0.2) is 6.61 Å². The Morgan fingerprint density at radius 1 is 0.970 bits per heavy atom. The van der Waals surface area contributed by atoms with Crippen LogP contribution in [0.25, 0.3) is 6.08 Å². The van der Waals surface area contributed by atoms with Gasteiger partial charge in [-0.15, -0.1) is 0 Å². The lowest BCUT2D eigenvalue weighted by Gasteiger charge is -2.11. The van der Waals surface area contributed by atoms with Crippen LogP contribution in [0.4, 0.5) is 11.4 Å². The average Bonchev–Trinajstić information content (AvgIpc) is 2.78. The molecule has 0 aliphatic heterocycles. The third kappa shape index (κ3) is 7.06. The van der Waals surface area contributed by atoms with Crippen molar-refractivity contribution in [2.24, 2.45) is 0 Å². The Morgan fingerprint density at radius 3 is 2.42 bits per heavy atom. The van der Waals surface area contributed by atoms with E-state index >= 15 is 0 Å². The highest BCUT2D eigenvalue weighted by molar-refractivity contribution is 9.10. The highest BCUT2D eigenvalue weighted by Crippen LogP contribution is 2.26. The Kier molecular flexibility index (Phi) is 8.01. The molecule has 0 radical (unpaired) electrons. The molecular formula is C26H22BrN3O3. The van der Waals surface area contributed by atoms with Gasteiger partial charge in [-0.3, -0.25) is 9.59 Å². The third-order valence-corrected chi connectivity index (χ3v) is 5.10. The van der Waals surface area contributed by atoms with Gasteiger partial charge in [-0.1, -0.05) is 45.8 Å². The second kappa shape index (κ2) is 11.1. The molecule has 0 unspecified atom stereocenters. The maximum Gasteiger partial charge on any atom is 0.266 e. The fourth-order valence-electron chi connectivity index (χ4n) is 2.97. The summed E-state index contributed by atoms with van der Waals surface area (Å²) in [7, 11) is 0. The second-order valence-corrected chi connectivity index (χ2v) is 8.29. The number of rotatable bonds is 7. The van der Waals surface area contributed by atoms with Crippen LogP contribution < -0.4 is 15.4 Å². The summed E-state index contributed by atoms with van der Waals surface area (Å²) >= 11 is 3.39. The van der Waals surface area contributed by atoms with Gasteiger partial charge < -0.3 is 15.4 Å². The molecule has 166 valence electrons. The van der Waals surface area contributed by atoms with Crippen molar-refractivity contribution in [3.8, 4) is 11.8 Å². The van der Waals surface area contributed by atoms with E-state index in [1.807, 2.05) is 62.4 Å². The molecule has 0 saturated heterocycles. The van der Waals surface area contributed by atoms with Crippen LogP contribution in [0.2, 0.25) is 0 Å². The molecule has 3 aromatic carbocycles. The first-order valence-corrected chi connectivity index (χ1v) is 10.9. The Bertz CT molecular complexity index is 1240. The average molecular weight is 504 g/mol. The zero-order valence-corrected chi connectivity index (χ0v) is 19.8. The molecule has 0 heterocycles. The van der Waals surface area contributed by atoms with E-state index in [-0.39, 0.29) is 18.1 Å². The van der Waals surface area contributed by atoms with Gasteiger partial charge in [-0.05, 0) is 68.0 Å². The summed E-state index contributed by atoms with van der Waals surface area (Å²) in [5.41, 5.74) is 3.74. The van der Waals surface area contributed by atoms with Gasteiger partial charge in [-0.2, -0.15) is 5.26 Å². The van der Waals surface area contributed by atoms with Crippen LogP contribution >= 0.6 is 15.9 Å². The molecule has 0 aliphatic rings. The van der Waals surface area contributed by atoms with Crippen molar-refractivity contribution in [3.05, 3.63) is 93.5 Å². The molecule has 33 heavy (non-hydrogen) atoms. The number of aryl methyl sites for hydroxylation is 2. The molecule has 0 saturated carbocycles. The molecule has 0 atom stereocenters. The van der Waals surface area contributed by atoms with Crippen LogP contribution in [0.15, 0.2) is 76.8 Å². The van der Waals surface area contributed by atoms with E-state index < -0.39 is 5.91 Å². The number of nitriles is 1. The fraction of sp³-hybridized carbons (Fsp3) is 0.115. The number of benzene rings is 3. The largest absolute Gasteiger partial charge is 0.483 e. The maximum atomic E-state index is 12.6. The summed E-state index contributed by atoms with van der Waals surface area (Å²) in [5.74, 6) is -0.492. The van der Waals surface area contributed by atoms with Crippen LogP contribution in [0.3, 0.4) is 0 Å². The zero-order valence-electron chi connectivity index (χ0n) is 18.2. The van der Waals surface area contributed by atoms with E-state index in [0.717, 1.165) is 15.6 Å². The minimum atomic E-state index is -0.536. The number of amides is 2. The van der Waals surface area contributed by atoms with E-state index in [9.17, 15) is 14.9 Å². The lowest BCUT2D eigenvalue weighted by molar-refractivity contribution is -0.118. The summed E-state index contributed by atoms with van der Waals surface area (Å²) in [6, 6.07) is 21.8. The summed E-state index contributed by atoms with van der Waals surface area (Å²) in [4.78, 5) is 24.9. The topological polar surface area (TPSA) is 91.2 Å². The normalized spacial score (nSPS) is 10.8. The summed E-state index contributed by atoms with van der Waals surface area (Å²) < 4.78 is 6.43. The first kappa shape index (κ1) is 23.8. The van der Waals surface area contributed by atoms with E-state index in [2.05, 4.69) is 26.6 Å². The molecule has 3 aromatic rings. The Labute approximate surface area is 201 Å². The molecule has 7 heteroatoms. The quantitative estimate of drug-likeness (QED) is 0.322. The lowest BCUT2D eigenvalue weighted by atomic mass is 10.1. The van der Waals surface area contributed by atoms with Crippen molar-refractivity contribution < 1.29 is 14.3 Å². The fourth-order valence-corrected chi connectivity index (χ4v) is 3.34. The van der Waals surface area contributed by atoms with Crippen molar-refractivity contribution in [2.45, 2.75) is 13.8 Å². The lowest BCUT2D eigenvalue weighted by Crippen LogP contribution is -2.20. The van der Waals surface area contributed by atoms with E-state index in [4.69, 9.17) is 4.74 Å². The SMILES string of the molecule is Cc1ccc(NC(=O)COc2ccc(Br)cc2/C=C(\C#N)C(=O)Nc2cccc(C)c2)cc1. The predicted molar refractivity (Wildman–Crippen MR) is 133 cm³/mol. The van der Waals surface area contributed by atoms with Crippen molar-refractivity contribution in [2.75, 3.05) is 17.2 Å². The van der Waals surface area contributed by atoms with Crippen LogP contribution in [0, 0.1) is 25.2 Å². The van der Waals surface area contributed by atoms with E-state index in [1.54, 1.807) is 24.3 Å². The standard InChI is InChI=1S/C26H22BrN3O3/c1-17-6-9-22(10-7-17)29-25(31)16-33-24-11-8-21(27)14-19(24)13-20(15-28)26(32)30-23-5-3-4-18(2)12-23/h3-14H,16H2,1-2H3,(H,29,31)(H,30,32)/b20-13+. The van der Waals surface area contributed by atoms with Gasteiger partial charge >= 0.3 is 0 Å². The van der Waals surface area contributed by atoms with Crippen molar-refractivity contribution >= 4 is 45.2 Å². The minimum absolute atomic E-state index is 0.0939. The molecule has 3 rings (SSSR count). The summed E-state index contributed by atoms with van der Waals surface area (Å²) in [6.45, 7) is 3.65. The molecule has 2 N–H and O–H groups in total. The number of halogens is 1. The van der Waals surface area contributed by atoms with Gasteiger partial charge in [0.1, 0.15) is 17.4 Å². The van der Waals surface area contributed by atoms with Crippen LogP contribution in [0.1, 0.15) is 16.7 Å². The summed E-state index contributed by atoms with van der Waals surface area (Å²) in [6.07, 6.45) is 1.43. The van der Waals surface area contributed by atoms with E-state index in [0.29, 0.717) is 22.7 Å². The molecule has 6 nitrogen and oxygen atoms in total. The smallest absolute Gasteiger partial charge is 0.266 e. The number of carbonyl (C=O) groups is 2. The highest BCUT2D eigenvalue weighted by atomic mass is 79.9. The molecule has 0 aromatic heterocycles. The number of hydrogen-bond acceptors (Lipinski definition) is 4. The molecular weight excluding hydrogens is 482 g/mol. The van der Waals surface area contributed by atoms with Gasteiger partial charge in [-0.25, -0.2) is 0 Å². The van der Waals surface area contributed by atoms with Gasteiger partial charge in [0.05, 0.1) is 0 Å². The Balaban J connectivity index is 1.74. The van der Waals surface area contributed by atoms with Gasteiger partial charge in [0.25, 0.3) is 11.8 Å². The number of nitrogens with one attached hydrogen (secondary N) is 2. The third-order valence-electron chi connectivity index (χ3n) is 4.61. The molecule has 0 aliphatic carbocycles. The van der Waals surface area contributed by atoms with Crippen molar-refractivity contribution in [3.63, 3.8) is 0 Å². The van der Waals surface area contributed by atoms with E-state index in [1.165, 1.54) is 6.08 Å². The second-order valence-electron chi connectivity index (χ2n) is 7.38. The predicted octanol–water partition coefficient (Wildman–Crippen LogP) is 5.63. The van der Waals surface area contributed by atoms with Crippen molar-refractivity contribution in [1.82, 2.24) is 0 Å². The van der Waals surface area contributed by atoms with Gasteiger partial charge in [0.2, 0.25) is 0 Å². The molecule has 0 fully saturated rings. The zero-order chi connectivity index (χ0) is 23.8. The number of anilines is 2. The molecule has 2 amide bonds. The number of ether oxygens (including phenoxy) is 1. The van der Waals surface area contributed by atoms with Crippen molar-refractivity contribution in [1.29, 1.82) is 5.26 Å². The first-order chi connectivity index (χ1) is 15.8. The van der Waals surface area contributed by atoms with Crippen LogP contribution in [-0.2, 0) is 9.59 Å². The molecule has 0 spiro atoms. The summed E-state index contributed by atoms with van der Waals surface area (Å²) in [5, 5.41) is 15.0. The maximum absolute atomic E-state index is 12.6. The monoisotopic (exact) mass is 503 g/mol. The van der Waals surface area contributed by atoms with Gasteiger partial charge in [0, 0.05) is 21.4 Å². The Hall–Kier alpha value is -3.89. The number of hydrogen-bond donors (Lipinski definition) is 2. The number of carbonyl (C=O) groups excluding carboxylic acids is 2. The highest BCUT2D eigenvalue weighted by Gasteiger charge is 2.13.